The Morgan fingerprint density at radius 1 is 1.00 bits per heavy atom. The van der Waals surface area contributed by atoms with E-state index in [1.807, 2.05) is 0 Å². The zero-order chi connectivity index (χ0) is 20.8. The minimum Gasteiger partial charge on any atom is -0.496 e. The van der Waals surface area contributed by atoms with Gasteiger partial charge in [0.1, 0.15) is 5.75 Å². The van der Waals surface area contributed by atoms with E-state index < -0.39 is 5.91 Å². The minimum absolute atomic E-state index is 0.172. The lowest BCUT2D eigenvalue weighted by atomic mass is 10.2. The summed E-state index contributed by atoms with van der Waals surface area (Å²) in [5.41, 5.74) is 0.968. The highest BCUT2D eigenvalue weighted by Crippen LogP contribution is 2.30. The van der Waals surface area contributed by atoms with Crippen molar-refractivity contribution >= 4 is 35.0 Å². The first-order valence-corrected chi connectivity index (χ1v) is 9.23. The Morgan fingerprint density at radius 3 is 2.34 bits per heavy atom. The molecule has 0 unspecified atom stereocenters. The summed E-state index contributed by atoms with van der Waals surface area (Å²) in [5.74, 6) is -0.391. The van der Waals surface area contributed by atoms with Crippen LogP contribution >= 0.6 is 23.2 Å². The number of nitrogens with one attached hydrogen (secondary N) is 2. The molecule has 0 atom stereocenters. The number of hydrogen-bond acceptors (Lipinski definition) is 6. The van der Waals surface area contributed by atoms with Crippen molar-refractivity contribution in [1.29, 1.82) is 0 Å². The molecule has 2 N–H and O–H groups in total. The topological polar surface area (TPSA) is 106 Å². The summed E-state index contributed by atoms with van der Waals surface area (Å²) in [6, 6.07) is 11.4. The lowest BCUT2D eigenvalue weighted by Gasteiger charge is -2.06. The molecule has 0 saturated carbocycles. The van der Waals surface area contributed by atoms with Crippen molar-refractivity contribution in [2.24, 2.45) is 0 Å². The van der Waals surface area contributed by atoms with Crippen molar-refractivity contribution in [3.8, 4) is 17.1 Å². The molecule has 0 bridgehead atoms. The number of hydrogen-bond donors (Lipinski definition) is 2. The van der Waals surface area contributed by atoms with E-state index in [4.69, 9.17) is 32.5 Å². The number of aromatic nitrogens is 2. The molecule has 0 aliphatic carbocycles. The Labute approximate surface area is 176 Å². The van der Waals surface area contributed by atoms with E-state index in [2.05, 4.69) is 20.8 Å². The van der Waals surface area contributed by atoms with Gasteiger partial charge in [0, 0.05) is 28.7 Å². The number of methoxy groups -OCH3 is 1. The first-order valence-electron chi connectivity index (χ1n) is 8.47. The van der Waals surface area contributed by atoms with E-state index >= 15 is 0 Å². The van der Waals surface area contributed by atoms with Gasteiger partial charge in [0.15, 0.2) is 0 Å². The fourth-order valence-corrected chi connectivity index (χ4v) is 2.71. The van der Waals surface area contributed by atoms with E-state index in [-0.39, 0.29) is 30.7 Å². The van der Waals surface area contributed by atoms with Gasteiger partial charge in [0.05, 0.1) is 12.7 Å². The van der Waals surface area contributed by atoms with Gasteiger partial charge in [0.2, 0.25) is 5.82 Å². The Morgan fingerprint density at radius 2 is 1.66 bits per heavy atom. The molecule has 1 heterocycles. The number of carbonyl (C=O) groups is 2. The quantitative estimate of drug-likeness (QED) is 0.552. The molecule has 2 aromatic carbocycles. The molecule has 2 amide bonds. The predicted octanol–water partition coefficient (Wildman–Crippen LogP) is 3.21. The Kier molecular flexibility index (Phi) is 6.69. The second-order valence-electron chi connectivity index (χ2n) is 5.79. The zero-order valence-corrected chi connectivity index (χ0v) is 16.8. The van der Waals surface area contributed by atoms with Crippen LogP contribution in [0.3, 0.4) is 0 Å². The molecule has 0 spiro atoms. The average Bonchev–Trinajstić information content (AvgIpc) is 3.21. The summed E-state index contributed by atoms with van der Waals surface area (Å²) in [6.07, 6.45) is 0. The lowest BCUT2D eigenvalue weighted by Crippen LogP contribution is -2.34. The van der Waals surface area contributed by atoms with Crippen LogP contribution in [0.15, 0.2) is 47.0 Å². The van der Waals surface area contributed by atoms with Gasteiger partial charge in [-0.1, -0.05) is 28.4 Å². The van der Waals surface area contributed by atoms with Crippen LogP contribution in [0.25, 0.3) is 11.4 Å². The smallest absolute Gasteiger partial charge is 0.316 e. The highest BCUT2D eigenvalue weighted by atomic mass is 35.5. The van der Waals surface area contributed by atoms with Gasteiger partial charge in [-0.3, -0.25) is 9.59 Å². The molecule has 0 saturated heterocycles. The van der Waals surface area contributed by atoms with Crippen LogP contribution in [0.1, 0.15) is 21.0 Å². The molecule has 0 aliphatic heterocycles. The Balaban J connectivity index is 1.54. The van der Waals surface area contributed by atoms with E-state index in [9.17, 15) is 9.59 Å². The molecular weight excluding hydrogens is 419 g/mol. The van der Waals surface area contributed by atoms with E-state index in [1.54, 1.807) is 42.5 Å². The molecule has 29 heavy (non-hydrogen) atoms. The molecule has 8 nitrogen and oxygen atoms in total. The number of rotatable bonds is 7. The molecule has 3 rings (SSSR count). The predicted molar refractivity (Wildman–Crippen MR) is 107 cm³/mol. The molecule has 1 aromatic heterocycles. The number of halogens is 2. The van der Waals surface area contributed by atoms with Crippen LogP contribution in [0, 0.1) is 0 Å². The van der Waals surface area contributed by atoms with Gasteiger partial charge >= 0.3 is 11.8 Å². The Bertz CT molecular complexity index is 1020. The molecule has 0 aliphatic rings. The Hall–Kier alpha value is -3.10. The second-order valence-corrected chi connectivity index (χ2v) is 6.66. The standard InChI is InChI=1S/C19H16Cl2N4O4/c1-28-15-7-6-13(21)10-14(15)16-24-19(29-25-16)18(27)23-9-8-22-17(26)11-2-4-12(20)5-3-11/h2-7,10H,8-9H2,1H3,(H,22,26)(H,23,27). The second kappa shape index (κ2) is 9.40. The van der Waals surface area contributed by atoms with Crippen LogP contribution in [0.4, 0.5) is 0 Å². The van der Waals surface area contributed by atoms with Crippen molar-refractivity contribution in [1.82, 2.24) is 20.8 Å². The van der Waals surface area contributed by atoms with Crippen molar-refractivity contribution in [2.75, 3.05) is 20.2 Å². The highest BCUT2D eigenvalue weighted by Gasteiger charge is 2.18. The first kappa shape index (κ1) is 20.6. The largest absolute Gasteiger partial charge is 0.496 e. The zero-order valence-electron chi connectivity index (χ0n) is 15.2. The maximum Gasteiger partial charge on any atom is 0.316 e. The molecule has 0 fully saturated rings. The summed E-state index contributed by atoms with van der Waals surface area (Å²) in [7, 11) is 1.50. The van der Waals surface area contributed by atoms with Crippen LogP contribution in [0.5, 0.6) is 5.75 Å². The van der Waals surface area contributed by atoms with Crippen LogP contribution in [-0.4, -0.2) is 42.2 Å². The van der Waals surface area contributed by atoms with Crippen molar-refractivity contribution in [2.45, 2.75) is 0 Å². The minimum atomic E-state index is -0.564. The van der Waals surface area contributed by atoms with Gasteiger partial charge in [-0.2, -0.15) is 4.98 Å². The number of nitrogens with zero attached hydrogens (tertiary/aromatic N) is 2. The average molecular weight is 435 g/mol. The summed E-state index contributed by atoms with van der Waals surface area (Å²) in [4.78, 5) is 28.2. The fraction of sp³-hybridized carbons (Fsp3) is 0.158. The maximum absolute atomic E-state index is 12.2. The SMILES string of the molecule is COc1ccc(Cl)cc1-c1noc(C(=O)NCCNC(=O)c2ccc(Cl)cc2)n1. The third-order valence-electron chi connectivity index (χ3n) is 3.83. The number of amides is 2. The van der Waals surface area contributed by atoms with E-state index in [0.29, 0.717) is 26.9 Å². The number of benzene rings is 2. The summed E-state index contributed by atoms with van der Waals surface area (Å²) >= 11 is 11.8. The maximum atomic E-state index is 12.2. The summed E-state index contributed by atoms with van der Waals surface area (Å²) in [6.45, 7) is 0.396. The molecule has 3 aromatic rings. The van der Waals surface area contributed by atoms with E-state index in [1.165, 1.54) is 7.11 Å². The molecule has 0 radical (unpaired) electrons. The normalized spacial score (nSPS) is 10.4. The number of carbonyl (C=O) groups excluding carboxylic acids is 2. The summed E-state index contributed by atoms with van der Waals surface area (Å²) < 4.78 is 10.2. The third kappa shape index (κ3) is 5.24. The third-order valence-corrected chi connectivity index (χ3v) is 4.31. The van der Waals surface area contributed by atoms with Crippen LogP contribution < -0.4 is 15.4 Å². The monoisotopic (exact) mass is 434 g/mol. The van der Waals surface area contributed by atoms with Crippen LogP contribution in [-0.2, 0) is 0 Å². The lowest BCUT2D eigenvalue weighted by molar-refractivity contribution is 0.0898. The number of ether oxygens (including phenoxy) is 1. The fourth-order valence-electron chi connectivity index (χ4n) is 2.41. The van der Waals surface area contributed by atoms with Crippen molar-refractivity contribution in [3.63, 3.8) is 0 Å². The van der Waals surface area contributed by atoms with Gasteiger partial charge in [-0.05, 0) is 42.5 Å². The van der Waals surface area contributed by atoms with Gasteiger partial charge < -0.3 is 19.9 Å². The molecule has 150 valence electrons. The van der Waals surface area contributed by atoms with Gasteiger partial charge in [-0.15, -0.1) is 0 Å². The first-order chi connectivity index (χ1) is 14.0. The van der Waals surface area contributed by atoms with Gasteiger partial charge in [0.25, 0.3) is 5.91 Å². The molecular formula is C19H16Cl2N4O4. The summed E-state index contributed by atoms with van der Waals surface area (Å²) in [5, 5.41) is 10.1. The van der Waals surface area contributed by atoms with Crippen molar-refractivity contribution in [3.05, 3.63) is 64.0 Å². The van der Waals surface area contributed by atoms with E-state index in [0.717, 1.165) is 0 Å². The molecule has 10 heteroatoms. The highest BCUT2D eigenvalue weighted by molar-refractivity contribution is 6.31. The van der Waals surface area contributed by atoms with Crippen molar-refractivity contribution < 1.29 is 18.8 Å². The van der Waals surface area contributed by atoms with Gasteiger partial charge in [-0.25, -0.2) is 0 Å². The van der Waals surface area contributed by atoms with Crippen LogP contribution in [0.2, 0.25) is 10.0 Å².